The molecule has 0 amide bonds. The van der Waals surface area contributed by atoms with Crippen LogP contribution < -0.4 is 0 Å². The van der Waals surface area contributed by atoms with Crippen LogP contribution in [0.1, 0.15) is 6.42 Å². The molecule has 4 heteroatoms. The molecule has 0 aromatic rings. The van der Waals surface area contributed by atoms with Gasteiger partial charge in [0.15, 0.2) is 0 Å². The normalized spacial score (nSPS) is 26.1. The Morgan fingerprint density at radius 2 is 2.35 bits per heavy atom. The van der Waals surface area contributed by atoms with Gasteiger partial charge in [0.05, 0.1) is 18.8 Å². The van der Waals surface area contributed by atoms with Crippen LogP contribution in [-0.2, 0) is 4.74 Å². The summed E-state index contributed by atoms with van der Waals surface area (Å²) >= 11 is 2.09. The van der Waals surface area contributed by atoms with Gasteiger partial charge >= 0.3 is 0 Å². The molecule has 0 radical (unpaired) electrons. The van der Waals surface area contributed by atoms with Crippen molar-refractivity contribution in [2.45, 2.75) is 24.7 Å². The molecule has 3 atom stereocenters. The summed E-state index contributed by atoms with van der Waals surface area (Å²) in [6.45, 7) is 0.506. The Balaban J connectivity index is 2.37. The second-order valence-electron chi connectivity index (χ2n) is 3.46. The van der Waals surface area contributed by atoms with Crippen LogP contribution in [0.5, 0.6) is 0 Å². The van der Waals surface area contributed by atoms with E-state index in [4.69, 9.17) is 4.74 Å². The van der Waals surface area contributed by atoms with Gasteiger partial charge in [-0.3, -0.25) is 0 Å². The van der Waals surface area contributed by atoms with Crippen molar-refractivity contribution >= 4 is 22.6 Å². The highest BCUT2D eigenvalue weighted by Crippen LogP contribution is 2.10. The lowest BCUT2D eigenvalue weighted by Crippen LogP contribution is -2.30. The summed E-state index contributed by atoms with van der Waals surface area (Å²) in [6, 6.07) is 0. The van der Waals surface area contributed by atoms with Crippen LogP contribution in [0.15, 0.2) is 34.5 Å². The van der Waals surface area contributed by atoms with Crippen molar-refractivity contribution in [2.75, 3.05) is 6.61 Å². The Hall–Kier alpha value is -0.610. The second-order valence-corrected chi connectivity index (χ2v) is 4.18. The van der Waals surface area contributed by atoms with Crippen LogP contribution in [0.2, 0.25) is 0 Å². The molecule has 0 fully saturated rings. The third-order valence-corrected chi connectivity index (χ3v) is 2.57. The molecule has 2 N–H and O–H groups in total. The van der Waals surface area contributed by atoms with Gasteiger partial charge in [-0.2, -0.15) is 0 Å². The first-order valence-corrected chi connectivity index (χ1v) is 6.55. The minimum atomic E-state index is -0.779. The molecule has 3 nitrogen and oxygen atoms in total. The van der Waals surface area contributed by atoms with Gasteiger partial charge in [-0.1, -0.05) is 58.7 Å². The van der Waals surface area contributed by atoms with Gasteiger partial charge in [-0.05, 0) is 10.2 Å². The predicted molar refractivity (Wildman–Crippen MR) is 75.6 cm³/mol. The van der Waals surface area contributed by atoms with Gasteiger partial charge < -0.3 is 14.9 Å². The van der Waals surface area contributed by atoms with Crippen molar-refractivity contribution < 1.29 is 14.9 Å². The molecule has 1 rings (SSSR count). The average molecular weight is 346 g/mol. The first-order valence-electron chi connectivity index (χ1n) is 5.30. The first-order chi connectivity index (χ1) is 8.24. The van der Waals surface area contributed by atoms with E-state index in [0.717, 1.165) is 0 Å². The minimum Gasteiger partial charge on any atom is -0.386 e. The molecule has 1 aliphatic rings. The third-order valence-electron chi connectivity index (χ3n) is 2.15. The molecule has 0 aliphatic carbocycles. The summed E-state index contributed by atoms with van der Waals surface area (Å²) < 4.78 is 7.16. The highest BCUT2D eigenvalue weighted by Gasteiger charge is 2.18. The van der Waals surface area contributed by atoms with Crippen molar-refractivity contribution in [3.05, 3.63) is 34.5 Å². The standard InChI is InChI=1S/C13H15IO3/c14-9-2-1-5-11(15)6-3-8-13-12(16)7-4-10-17-13/h1-2,4-5,7,9,11-13,15-16H,8,10H2/b5-1+,9-2+/t11?,12-,13+/m0/s1. The van der Waals surface area contributed by atoms with E-state index in [1.807, 2.05) is 10.2 Å². The summed E-state index contributed by atoms with van der Waals surface area (Å²) in [7, 11) is 0. The largest absolute Gasteiger partial charge is 0.386 e. The van der Waals surface area contributed by atoms with Crippen molar-refractivity contribution in [3.8, 4) is 11.8 Å². The second kappa shape index (κ2) is 8.48. The predicted octanol–water partition coefficient (Wildman–Crippen LogP) is 1.56. The summed E-state index contributed by atoms with van der Waals surface area (Å²) in [5, 5.41) is 19.0. The quantitative estimate of drug-likeness (QED) is 0.353. The molecule has 92 valence electrons. The maximum Gasteiger partial charge on any atom is 0.133 e. The number of ether oxygens (including phenoxy) is 1. The van der Waals surface area contributed by atoms with Crippen LogP contribution in [0.3, 0.4) is 0 Å². The van der Waals surface area contributed by atoms with Crippen molar-refractivity contribution in [2.24, 2.45) is 0 Å². The van der Waals surface area contributed by atoms with Gasteiger partial charge in [0.2, 0.25) is 0 Å². The molecule has 0 saturated heterocycles. The minimum absolute atomic E-state index is 0.294. The number of hydrogen-bond acceptors (Lipinski definition) is 3. The van der Waals surface area contributed by atoms with Gasteiger partial charge in [-0.25, -0.2) is 0 Å². The maximum absolute atomic E-state index is 9.54. The fourth-order valence-corrected chi connectivity index (χ4v) is 1.54. The Labute approximate surface area is 115 Å². The lowest BCUT2D eigenvalue weighted by atomic mass is 10.1. The lowest BCUT2D eigenvalue weighted by molar-refractivity contribution is -0.0118. The summed E-state index contributed by atoms with van der Waals surface area (Å²) in [6.07, 6.45) is 7.37. The van der Waals surface area contributed by atoms with Gasteiger partial charge in [0.1, 0.15) is 6.10 Å². The zero-order valence-corrected chi connectivity index (χ0v) is 11.4. The monoisotopic (exact) mass is 346 g/mol. The number of aliphatic hydroxyl groups excluding tert-OH is 2. The molecule has 0 aromatic carbocycles. The number of aliphatic hydroxyl groups is 2. The summed E-state index contributed by atoms with van der Waals surface area (Å²) in [5.74, 6) is 5.49. The summed E-state index contributed by atoms with van der Waals surface area (Å²) in [5.41, 5.74) is 0. The Bertz CT molecular complexity index is 363. The molecule has 1 unspecified atom stereocenters. The van der Waals surface area contributed by atoms with Gasteiger partial charge in [0.25, 0.3) is 0 Å². The van der Waals surface area contributed by atoms with Crippen molar-refractivity contribution in [1.82, 2.24) is 0 Å². The topological polar surface area (TPSA) is 49.7 Å². The molecule has 0 saturated carbocycles. The number of halogens is 1. The molecular formula is C13H15IO3. The molecular weight excluding hydrogens is 331 g/mol. The average Bonchev–Trinajstić information content (AvgIpc) is 2.32. The fraction of sp³-hybridized carbons (Fsp3) is 0.385. The lowest BCUT2D eigenvalue weighted by Gasteiger charge is -2.21. The van der Waals surface area contributed by atoms with Crippen molar-refractivity contribution in [1.29, 1.82) is 0 Å². The highest BCUT2D eigenvalue weighted by atomic mass is 127. The van der Waals surface area contributed by atoms with E-state index in [1.165, 1.54) is 0 Å². The van der Waals surface area contributed by atoms with E-state index in [0.29, 0.717) is 13.0 Å². The Morgan fingerprint density at radius 1 is 1.53 bits per heavy atom. The van der Waals surface area contributed by atoms with E-state index in [9.17, 15) is 10.2 Å². The SMILES string of the molecule is OC(C#CC[C@H]1OCC=C[C@@H]1O)/C=C/C=C/I. The van der Waals surface area contributed by atoms with Crippen LogP contribution in [0, 0.1) is 11.8 Å². The number of hydrogen-bond donors (Lipinski definition) is 2. The van der Waals surface area contributed by atoms with E-state index < -0.39 is 12.2 Å². The smallest absolute Gasteiger partial charge is 0.133 e. The van der Waals surface area contributed by atoms with E-state index in [1.54, 1.807) is 24.3 Å². The van der Waals surface area contributed by atoms with Crippen LogP contribution in [0.25, 0.3) is 0 Å². The third kappa shape index (κ3) is 6.03. The summed E-state index contributed by atoms with van der Waals surface area (Å²) in [4.78, 5) is 0. The number of rotatable bonds is 3. The van der Waals surface area contributed by atoms with E-state index >= 15 is 0 Å². The molecule has 0 bridgehead atoms. The van der Waals surface area contributed by atoms with E-state index in [2.05, 4.69) is 34.4 Å². The zero-order valence-electron chi connectivity index (χ0n) is 9.29. The van der Waals surface area contributed by atoms with Gasteiger partial charge in [0, 0.05) is 6.42 Å². The van der Waals surface area contributed by atoms with Crippen LogP contribution in [-0.4, -0.2) is 35.1 Å². The molecule has 0 spiro atoms. The Kier molecular flexibility index (Phi) is 7.21. The van der Waals surface area contributed by atoms with Crippen molar-refractivity contribution in [3.63, 3.8) is 0 Å². The van der Waals surface area contributed by atoms with E-state index in [-0.39, 0.29) is 6.10 Å². The van der Waals surface area contributed by atoms with Crippen LogP contribution in [0.4, 0.5) is 0 Å². The first kappa shape index (κ1) is 14.5. The fourth-order valence-electron chi connectivity index (χ4n) is 1.30. The molecule has 0 aromatic heterocycles. The molecule has 1 aliphatic heterocycles. The van der Waals surface area contributed by atoms with Crippen LogP contribution >= 0.6 is 22.6 Å². The highest BCUT2D eigenvalue weighted by molar-refractivity contribution is 14.1. The zero-order chi connectivity index (χ0) is 12.5. The molecule has 1 heterocycles. The Morgan fingerprint density at radius 3 is 3.06 bits per heavy atom. The van der Waals surface area contributed by atoms with Gasteiger partial charge in [-0.15, -0.1) is 0 Å². The maximum atomic E-state index is 9.54. The molecule has 17 heavy (non-hydrogen) atoms. The number of allylic oxidation sites excluding steroid dienone is 2.